The Morgan fingerprint density at radius 3 is 2.66 bits per heavy atom. The molecule has 0 fully saturated rings. The summed E-state index contributed by atoms with van der Waals surface area (Å²) in [5.41, 5.74) is 0.912. The maximum Gasteiger partial charge on any atom is 0.273 e. The third kappa shape index (κ3) is 6.18. The van der Waals surface area contributed by atoms with Gasteiger partial charge in [-0.1, -0.05) is 25.1 Å². The van der Waals surface area contributed by atoms with E-state index in [9.17, 15) is 9.59 Å². The van der Waals surface area contributed by atoms with Gasteiger partial charge in [-0.25, -0.2) is 0 Å². The van der Waals surface area contributed by atoms with Gasteiger partial charge in [0.05, 0.1) is 4.88 Å². The topological polar surface area (TPSA) is 93.5 Å². The summed E-state index contributed by atoms with van der Waals surface area (Å²) < 4.78 is 10.8. The predicted molar refractivity (Wildman–Crippen MR) is 111 cm³/mol. The van der Waals surface area contributed by atoms with Crippen LogP contribution in [-0.4, -0.2) is 23.5 Å². The Morgan fingerprint density at radius 2 is 1.97 bits per heavy atom. The zero-order chi connectivity index (χ0) is 20.6. The normalized spacial score (nSPS) is 10.7. The fraction of sp³-hybridized carbons (Fsp3) is 0.286. The zero-order valence-electron chi connectivity index (χ0n) is 16.3. The molecule has 29 heavy (non-hydrogen) atoms. The van der Waals surface area contributed by atoms with Crippen LogP contribution in [0.4, 0.5) is 5.69 Å². The summed E-state index contributed by atoms with van der Waals surface area (Å²) in [7, 11) is 0. The molecule has 3 aromatic rings. The monoisotopic (exact) mass is 413 g/mol. The van der Waals surface area contributed by atoms with Crippen molar-refractivity contribution in [1.29, 1.82) is 0 Å². The van der Waals surface area contributed by atoms with Gasteiger partial charge in [0.15, 0.2) is 11.5 Å². The van der Waals surface area contributed by atoms with Gasteiger partial charge >= 0.3 is 0 Å². The van der Waals surface area contributed by atoms with Crippen LogP contribution in [0.25, 0.3) is 0 Å². The van der Waals surface area contributed by atoms with Gasteiger partial charge in [0.25, 0.3) is 11.8 Å². The van der Waals surface area contributed by atoms with Crippen LogP contribution in [0.2, 0.25) is 0 Å². The van der Waals surface area contributed by atoms with E-state index in [2.05, 4.69) is 29.6 Å². The molecule has 0 aliphatic carbocycles. The number of carbonyl (C=O) groups is 2. The number of hydrogen-bond donors (Lipinski definition) is 2. The van der Waals surface area contributed by atoms with Gasteiger partial charge in [0.1, 0.15) is 12.4 Å². The first-order valence-electron chi connectivity index (χ1n) is 9.33. The molecule has 0 radical (unpaired) electrons. The fourth-order valence-electron chi connectivity index (χ4n) is 2.44. The molecule has 0 atom stereocenters. The quantitative estimate of drug-likeness (QED) is 0.544. The van der Waals surface area contributed by atoms with E-state index in [1.807, 2.05) is 11.4 Å². The number of ether oxygens (including phenoxy) is 1. The second-order valence-corrected chi connectivity index (χ2v) is 7.81. The van der Waals surface area contributed by atoms with Crippen molar-refractivity contribution < 1.29 is 18.8 Å². The van der Waals surface area contributed by atoms with E-state index in [-0.39, 0.29) is 24.1 Å². The Bertz CT molecular complexity index is 933. The van der Waals surface area contributed by atoms with Gasteiger partial charge < -0.3 is 19.9 Å². The minimum absolute atomic E-state index is 0.144. The van der Waals surface area contributed by atoms with Crippen LogP contribution in [-0.2, 0) is 6.61 Å². The lowest BCUT2D eigenvalue weighted by Crippen LogP contribution is -2.25. The molecular weight excluding hydrogens is 390 g/mol. The van der Waals surface area contributed by atoms with Gasteiger partial charge in [-0.2, -0.15) is 0 Å². The average molecular weight is 413 g/mol. The average Bonchev–Trinajstić information content (AvgIpc) is 3.39. The predicted octanol–water partition coefficient (Wildman–Crippen LogP) is 4.34. The second kappa shape index (κ2) is 9.88. The van der Waals surface area contributed by atoms with Gasteiger partial charge in [0, 0.05) is 18.3 Å². The van der Waals surface area contributed by atoms with Crippen molar-refractivity contribution in [3.8, 4) is 5.75 Å². The molecule has 0 unspecified atom stereocenters. The SMILES string of the molecule is CC(C)CCNC(=O)c1cc(COc2ccc(NC(=O)c3cccs3)cc2)on1. The molecule has 2 N–H and O–H groups in total. The van der Waals surface area contributed by atoms with Crippen molar-refractivity contribution in [2.24, 2.45) is 5.92 Å². The molecule has 0 aliphatic rings. The largest absolute Gasteiger partial charge is 0.486 e. The lowest BCUT2D eigenvalue weighted by Gasteiger charge is -2.06. The van der Waals surface area contributed by atoms with E-state index in [0.717, 1.165) is 6.42 Å². The van der Waals surface area contributed by atoms with Crippen LogP contribution in [0, 0.1) is 5.92 Å². The number of aromatic nitrogens is 1. The molecule has 0 saturated carbocycles. The van der Waals surface area contributed by atoms with Gasteiger partial charge in [-0.3, -0.25) is 9.59 Å². The van der Waals surface area contributed by atoms with Gasteiger partial charge in [0.2, 0.25) is 0 Å². The molecule has 3 rings (SSSR count). The van der Waals surface area contributed by atoms with E-state index < -0.39 is 0 Å². The van der Waals surface area contributed by atoms with Crippen molar-refractivity contribution in [3.63, 3.8) is 0 Å². The van der Waals surface area contributed by atoms with Crippen molar-refractivity contribution in [1.82, 2.24) is 10.5 Å². The molecule has 1 aromatic carbocycles. The minimum Gasteiger partial charge on any atom is -0.486 e. The van der Waals surface area contributed by atoms with Gasteiger partial charge in [-0.15, -0.1) is 11.3 Å². The first kappa shape index (κ1) is 20.6. The number of anilines is 1. The van der Waals surface area contributed by atoms with Crippen LogP contribution in [0.1, 0.15) is 46.2 Å². The number of nitrogens with one attached hydrogen (secondary N) is 2. The fourth-order valence-corrected chi connectivity index (χ4v) is 3.06. The zero-order valence-corrected chi connectivity index (χ0v) is 17.1. The molecule has 7 nitrogen and oxygen atoms in total. The minimum atomic E-state index is -0.258. The summed E-state index contributed by atoms with van der Waals surface area (Å²) in [5, 5.41) is 11.3. The van der Waals surface area contributed by atoms with E-state index in [1.165, 1.54) is 11.3 Å². The van der Waals surface area contributed by atoms with E-state index in [4.69, 9.17) is 9.26 Å². The molecule has 0 aliphatic heterocycles. The summed E-state index contributed by atoms with van der Waals surface area (Å²) in [6.45, 7) is 4.95. The van der Waals surface area contributed by atoms with Crippen molar-refractivity contribution in [2.75, 3.05) is 11.9 Å². The highest BCUT2D eigenvalue weighted by molar-refractivity contribution is 7.12. The molecule has 8 heteroatoms. The van der Waals surface area contributed by atoms with Crippen LogP contribution < -0.4 is 15.4 Å². The van der Waals surface area contributed by atoms with Crippen LogP contribution in [0.5, 0.6) is 5.75 Å². The third-order valence-electron chi connectivity index (χ3n) is 4.04. The smallest absolute Gasteiger partial charge is 0.273 e. The van der Waals surface area contributed by atoms with Crippen LogP contribution >= 0.6 is 11.3 Å². The first-order valence-corrected chi connectivity index (χ1v) is 10.2. The third-order valence-corrected chi connectivity index (χ3v) is 4.91. The standard InChI is InChI=1S/C21H23N3O4S/c1-14(2)9-10-22-20(25)18-12-17(28-24-18)13-27-16-7-5-15(6-8-16)23-21(26)19-4-3-11-29-19/h3-8,11-12,14H,9-10,13H2,1-2H3,(H,22,25)(H,23,26). The lowest BCUT2D eigenvalue weighted by molar-refractivity contribution is 0.0942. The maximum atomic E-state index is 12.0. The Balaban J connectivity index is 1.47. The summed E-state index contributed by atoms with van der Waals surface area (Å²) in [5.74, 6) is 1.18. The summed E-state index contributed by atoms with van der Waals surface area (Å²) >= 11 is 1.39. The molecule has 152 valence electrons. The van der Waals surface area contributed by atoms with E-state index in [0.29, 0.717) is 34.5 Å². The Kier molecular flexibility index (Phi) is 7.02. The summed E-state index contributed by atoms with van der Waals surface area (Å²) in [6.07, 6.45) is 0.906. The number of rotatable bonds is 9. The molecule has 0 bridgehead atoms. The highest BCUT2D eigenvalue weighted by atomic mass is 32.1. The number of carbonyl (C=O) groups excluding carboxylic acids is 2. The van der Waals surface area contributed by atoms with Crippen molar-refractivity contribution in [2.45, 2.75) is 26.9 Å². The van der Waals surface area contributed by atoms with Gasteiger partial charge in [-0.05, 0) is 48.1 Å². The second-order valence-electron chi connectivity index (χ2n) is 6.86. The van der Waals surface area contributed by atoms with Crippen molar-refractivity contribution >= 4 is 28.8 Å². The maximum absolute atomic E-state index is 12.0. The number of benzene rings is 1. The molecular formula is C21H23N3O4S. The Labute approximate surface area is 173 Å². The van der Waals surface area contributed by atoms with E-state index in [1.54, 1.807) is 36.4 Å². The highest BCUT2D eigenvalue weighted by Crippen LogP contribution is 2.19. The Morgan fingerprint density at radius 1 is 1.17 bits per heavy atom. The van der Waals surface area contributed by atoms with Crippen LogP contribution in [0.15, 0.2) is 52.4 Å². The molecule has 0 saturated heterocycles. The molecule has 2 heterocycles. The summed E-state index contributed by atoms with van der Waals surface area (Å²) in [4.78, 5) is 24.7. The number of thiophene rings is 1. The first-order chi connectivity index (χ1) is 14.0. The van der Waals surface area contributed by atoms with E-state index >= 15 is 0 Å². The molecule has 2 aromatic heterocycles. The lowest BCUT2D eigenvalue weighted by atomic mass is 10.1. The number of hydrogen-bond acceptors (Lipinski definition) is 6. The molecule has 0 spiro atoms. The number of amides is 2. The molecule has 2 amide bonds. The van der Waals surface area contributed by atoms with Crippen LogP contribution in [0.3, 0.4) is 0 Å². The highest BCUT2D eigenvalue weighted by Gasteiger charge is 2.13. The number of nitrogens with zero attached hydrogens (tertiary/aromatic N) is 1. The van der Waals surface area contributed by atoms with Crippen molar-refractivity contribution in [3.05, 3.63) is 64.2 Å². The Hall–Kier alpha value is -3.13. The summed E-state index contributed by atoms with van der Waals surface area (Å²) in [6, 6.07) is 12.2.